The number of fused-ring (bicyclic) bond motifs is 1. The van der Waals surface area contributed by atoms with E-state index in [-0.39, 0.29) is 0 Å². The molecule has 0 aliphatic heterocycles. The lowest BCUT2D eigenvalue weighted by atomic mass is 10.2. The molecule has 0 saturated carbocycles. The predicted octanol–water partition coefficient (Wildman–Crippen LogP) is 2.44. The average molecular weight is 287 g/mol. The van der Waals surface area contributed by atoms with E-state index in [1.54, 1.807) is 18.3 Å². The van der Waals surface area contributed by atoms with Crippen molar-refractivity contribution in [3.8, 4) is 0 Å². The van der Waals surface area contributed by atoms with E-state index in [4.69, 9.17) is 4.55 Å². The van der Waals surface area contributed by atoms with Gasteiger partial charge in [0.1, 0.15) is 0 Å². The number of hydrogen-bond donors (Lipinski definition) is 1. The van der Waals surface area contributed by atoms with Crippen molar-refractivity contribution in [2.75, 3.05) is 0 Å². The van der Waals surface area contributed by atoms with Crippen LogP contribution in [0.1, 0.15) is 18.4 Å². The first-order valence-electron chi connectivity index (χ1n) is 5.44. The first-order valence-corrected chi connectivity index (χ1v) is 7.62. The van der Waals surface area contributed by atoms with Crippen LogP contribution < -0.4 is 0 Å². The summed E-state index contributed by atoms with van der Waals surface area (Å²) in [5.74, 6) is 0. The molecule has 1 aromatic carbocycles. The quantitative estimate of drug-likeness (QED) is 0.855. The highest BCUT2D eigenvalue weighted by Gasteiger charge is 2.13. The highest BCUT2D eigenvalue weighted by Crippen LogP contribution is 2.23. The molecule has 98 valence electrons. The van der Waals surface area contributed by atoms with Crippen molar-refractivity contribution in [2.45, 2.75) is 25.9 Å². The Hall–Kier alpha value is -1.02. The van der Waals surface area contributed by atoms with Gasteiger partial charge in [-0.1, -0.05) is 12.1 Å². The Morgan fingerprint density at radius 1 is 1.44 bits per heavy atom. The minimum atomic E-state index is -4.37. The second-order valence-electron chi connectivity index (χ2n) is 3.95. The molecule has 7 heteroatoms. The van der Waals surface area contributed by atoms with Crippen LogP contribution in [0.4, 0.5) is 0 Å². The van der Waals surface area contributed by atoms with E-state index in [0.29, 0.717) is 12.8 Å². The molecule has 1 unspecified atom stereocenters. The Morgan fingerprint density at radius 2 is 2.17 bits per heavy atom. The summed E-state index contributed by atoms with van der Waals surface area (Å²) in [6.07, 6.45) is 0.544. The van der Waals surface area contributed by atoms with Crippen LogP contribution in [0.5, 0.6) is 0 Å². The third-order valence-corrected chi connectivity index (χ3v) is 4.06. The highest BCUT2D eigenvalue weighted by atomic mass is 32.3. The molecule has 0 aliphatic carbocycles. The molecule has 1 atom stereocenters. The molecule has 2 rings (SSSR count). The maximum absolute atomic E-state index is 10.5. The van der Waals surface area contributed by atoms with Crippen molar-refractivity contribution >= 4 is 32.0 Å². The minimum absolute atomic E-state index is 0.486. The van der Waals surface area contributed by atoms with E-state index in [1.165, 1.54) is 0 Å². The molecule has 5 nitrogen and oxygen atoms in total. The summed E-state index contributed by atoms with van der Waals surface area (Å²) in [6, 6.07) is 7.81. The molecule has 0 aliphatic rings. The van der Waals surface area contributed by atoms with E-state index in [2.05, 4.69) is 9.17 Å². The van der Waals surface area contributed by atoms with Crippen molar-refractivity contribution in [1.29, 1.82) is 0 Å². The van der Waals surface area contributed by atoms with Gasteiger partial charge in [-0.25, -0.2) is 9.17 Å². The van der Waals surface area contributed by atoms with Crippen LogP contribution >= 0.6 is 11.3 Å². The Balaban J connectivity index is 1.98. The van der Waals surface area contributed by atoms with Crippen molar-refractivity contribution < 1.29 is 17.2 Å². The van der Waals surface area contributed by atoms with Crippen LogP contribution in [0.3, 0.4) is 0 Å². The van der Waals surface area contributed by atoms with Gasteiger partial charge in [-0.05, 0) is 25.5 Å². The van der Waals surface area contributed by atoms with Gasteiger partial charge >= 0.3 is 10.4 Å². The fraction of sp³-hybridized carbons (Fsp3) is 0.364. The van der Waals surface area contributed by atoms with Gasteiger partial charge in [0, 0.05) is 6.42 Å². The smallest absolute Gasteiger partial charge is 0.264 e. The molecule has 2 aromatic rings. The summed E-state index contributed by atoms with van der Waals surface area (Å²) in [7, 11) is -4.37. The van der Waals surface area contributed by atoms with E-state index >= 15 is 0 Å². The SMILES string of the molecule is CC(CCc1nc2ccccc2s1)OS(=O)(=O)O. The van der Waals surface area contributed by atoms with E-state index < -0.39 is 16.5 Å². The minimum Gasteiger partial charge on any atom is -0.264 e. The number of nitrogens with zero attached hydrogens (tertiary/aromatic N) is 1. The number of aryl methyl sites for hydroxylation is 1. The molecule has 0 amide bonds. The van der Waals surface area contributed by atoms with Gasteiger partial charge < -0.3 is 0 Å². The molecule has 1 heterocycles. The molecule has 0 radical (unpaired) electrons. The van der Waals surface area contributed by atoms with Gasteiger partial charge in [-0.3, -0.25) is 4.55 Å². The standard InChI is InChI=1S/C11H13NO4S2/c1-8(16-18(13,14)15)6-7-11-12-9-4-2-3-5-10(9)17-11/h2-5,8H,6-7H2,1H3,(H,13,14,15). The lowest BCUT2D eigenvalue weighted by molar-refractivity contribution is 0.189. The first-order chi connectivity index (χ1) is 8.44. The fourth-order valence-electron chi connectivity index (χ4n) is 1.61. The van der Waals surface area contributed by atoms with Crippen molar-refractivity contribution in [3.63, 3.8) is 0 Å². The third kappa shape index (κ3) is 3.74. The zero-order valence-electron chi connectivity index (χ0n) is 9.74. The molecule has 0 fully saturated rings. The monoisotopic (exact) mass is 287 g/mol. The van der Waals surface area contributed by atoms with Gasteiger partial charge in [0.05, 0.1) is 21.3 Å². The average Bonchev–Trinajstić information content (AvgIpc) is 2.66. The Labute approximate surface area is 109 Å². The lowest BCUT2D eigenvalue weighted by Gasteiger charge is -2.07. The molecular weight excluding hydrogens is 274 g/mol. The molecule has 0 bridgehead atoms. The molecule has 1 N–H and O–H groups in total. The van der Waals surface area contributed by atoms with Gasteiger partial charge in [-0.15, -0.1) is 11.3 Å². The highest BCUT2D eigenvalue weighted by molar-refractivity contribution is 7.80. The van der Waals surface area contributed by atoms with Crippen molar-refractivity contribution in [1.82, 2.24) is 4.98 Å². The maximum Gasteiger partial charge on any atom is 0.397 e. The van der Waals surface area contributed by atoms with Gasteiger partial charge in [0.15, 0.2) is 0 Å². The van der Waals surface area contributed by atoms with Crippen LogP contribution in [-0.2, 0) is 21.0 Å². The lowest BCUT2D eigenvalue weighted by Crippen LogP contribution is -2.15. The van der Waals surface area contributed by atoms with Crippen LogP contribution in [0.15, 0.2) is 24.3 Å². The summed E-state index contributed by atoms with van der Waals surface area (Å²) in [4.78, 5) is 4.43. The van der Waals surface area contributed by atoms with Crippen LogP contribution in [0.2, 0.25) is 0 Å². The summed E-state index contributed by atoms with van der Waals surface area (Å²) in [5, 5.41) is 0.932. The Kier molecular flexibility index (Phi) is 3.96. The molecule has 0 spiro atoms. The van der Waals surface area contributed by atoms with Gasteiger partial charge in [-0.2, -0.15) is 8.42 Å². The number of hydrogen-bond acceptors (Lipinski definition) is 5. The predicted molar refractivity (Wildman–Crippen MR) is 70.0 cm³/mol. The summed E-state index contributed by atoms with van der Waals surface area (Å²) in [5.41, 5.74) is 0.945. The molecular formula is C11H13NO4S2. The van der Waals surface area contributed by atoms with E-state index in [0.717, 1.165) is 15.2 Å². The van der Waals surface area contributed by atoms with Crippen molar-refractivity contribution in [2.24, 2.45) is 0 Å². The second kappa shape index (κ2) is 5.31. The number of para-hydroxylation sites is 1. The first kappa shape index (κ1) is 13.4. The summed E-state index contributed by atoms with van der Waals surface area (Å²) < 4.78 is 35.1. The van der Waals surface area contributed by atoms with Gasteiger partial charge in [0.2, 0.25) is 0 Å². The van der Waals surface area contributed by atoms with Crippen molar-refractivity contribution in [3.05, 3.63) is 29.3 Å². The molecule has 1 aromatic heterocycles. The number of rotatable bonds is 5. The zero-order chi connectivity index (χ0) is 13.2. The van der Waals surface area contributed by atoms with E-state index in [1.807, 2.05) is 24.3 Å². The van der Waals surface area contributed by atoms with Crippen LogP contribution in [-0.4, -0.2) is 24.1 Å². The topological polar surface area (TPSA) is 76.5 Å². The second-order valence-corrected chi connectivity index (χ2v) is 6.11. The number of aromatic nitrogens is 1. The van der Waals surface area contributed by atoms with Crippen LogP contribution in [0, 0.1) is 0 Å². The normalized spacial score (nSPS) is 13.9. The Morgan fingerprint density at radius 3 is 2.83 bits per heavy atom. The van der Waals surface area contributed by atoms with E-state index in [9.17, 15) is 8.42 Å². The van der Waals surface area contributed by atoms with Crippen LogP contribution in [0.25, 0.3) is 10.2 Å². The molecule has 0 saturated heterocycles. The number of thiazole rings is 1. The summed E-state index contributed by atoms with van der Waals surface area (Å²) in [6.45, 7) is 1.60. The zero-order valence-corrected chi connectivity index (χ0v) is 11.4. The van der Waals surface area contributed by atoms with Gasteiger partial charge in [0.25, 0.3) is 0 Å². The summed E-state index contributed by atoms with van der Waals surface area (Å²) >= 11 is 1.58. The third-order valence-electron chi connectivity index (χ3n) is 2.39. The molecule has 18 heavy (non-hydrogen) atoms. The Bertz CT molecular complexity index is 602. The maximum atomic E-state index is 10.5. The fourth-order valence-corrected chi connectivity index (χ4v) is 3.10. The number of benzene rings is 1. The largest absolute Gasteiger partial charge is 0.397 e.